The summed E-state index contributed by atoms with van der Waals surface area (Å²) < 4.78 is 1.97. The van der Waals surface area contributed by atoms with E-state index < -0.39 is 0 Å². The van der Waals surface area contributed by atoms with Gasteiger partial charge in [-0.25, -0.2) is 0 Å². The van der Waals surface area contributed by atoms with Gasteiger partial charge in [0.2, 0.25) is 5.91 Å². The largest absolute Gasteiger partial charge is 0.326 e. The Bertz CT molecular complexity index is 967. The number of nitrogens with one attached hydrogen (secondary N) is 1. The molecule has 1 N–H and O–H groups in total. The van der Waals surface area contributed by atoms with Crippen LogP contribution in [0, 0.1) is 12.8 Å². The zero-order chi connectivity index (χ0) is 20.8. The molecule has 0 bridgehead atoms. The first-order valence-electron chi connectivity index (χ1n) is 10.9. The molecule has 30 heavy (non-hydrogen) atoms. The second kappa shape index (κ2) is 9.72. The van der Waals surface area contributed by atoms with Gasteiger partial charge in [-0.2, -0.15) is 5.10 Å². The third-order valence-corrected chi connectivity index (χ3v) is 5.78. The summed E-state index contributed by atoms with van der Waals surface area (Å²) in [7, 11) is 0. The quantitative estimate of drug-likeness (QED) is 0.628. The maximum atomic E-state index is 12.9. The molecule has 5 heteroatoms. The van der Waals surface area contributed by atoms with Crippen molar-refractivity contribution in [2.75, 3.05) is 25.0 Å². The highest BCUT2D eigenvalue weighted by molar-refractivity contribution is 5.93. The van der Waals surface area contributed by atoms with Gasteiger partial charge in [0.05, 0.1) is 5.92 Å². The lowest BCUT2D eigenvalue weighted by molar-refractivity contribution is -0.121. The molecule has 1 aliphatic rings. The minimum atomic E-state index is 0.0473. The number of carbonyl (C=O) groups excluding carboxylic acids is 1. The summed E-state index contributed by atoms with van der Waals surface area (Å²) >= 11 is 0. The van der Waals surface area contributed by atoms with E-state index in [2.05, 4.69) is 58.6 Å². The van der Waals surface area contributed by atoms with Crippen molar-refractivity contribution in [3.63, 3.8) is 0 Å². The van der Waals surface area contributed by atoms with Crippen molar-refractivity contribution in [3.05, 3.63) is 72.6 Å². The number of nitrogens with zero attached hydrogens (tertiary/aromatic N) is 3. The fourth-order valence-electron chi connectivity index (χ4n) is 4.21. The van der Waals surface area contributed by atoms with Crippen molar-refractivity contribution < 1.29 is 4.79 Å². The number of carbonyl (C=O) groups is 1. The van der Waals surface area contributed by atoms with Crippen molar-refractivity contribution in [3.8, 4) is 11.1 Å². The van der Waals surface area contributed by atoms with Gasteiger partial charge in [-0.05, 0) is 68.6 Å². The lowest BCUT2D eigenvalue weighted by Crippen LogP contribution is -2.41. The molecule has 4 rings (SSSR count). The molecule has 1 aliphatic heterocycles. The summed E-state index contributed by atoms with van der Waals surface area (Å²) in [6.07, 6.45) is 6.89. The summed E-state index contributed by atoms with van der Waals surface area (Å²) in [5.41, 5.74) is 4.40. The zero-order valence-electron chi connectivity index (χ0n) is 17.6. The average Bonchev–Trinajstić information content (AvgIpc) is 3.28. The Balaban J connectivity index is 1.32. The molecule has 1 fully saturated rings. The SMILES string of the molecule is Cc1cccc(-c2cccc(NC(=O)C3CCCN(CCCn4cccn4)C3)c2)c1. The molecule has 1 unspecified atom stereocenters. The van der Waals surface area contributed by atoms with Crippen LogP contribution in [-0.2, 0) is 11.3 Å². The van der Waals surface area contributed by atoms with Gasteiger partial charge in [0, 0.05) is 31.2 Å². The number of piperidine rings is 1. The van der Waals surface area contributed by atoms with E-state index in [0.717, 1.165) is 56.7 Å². The topological polar surface area (TPSA) is 50.2 Å². The number of aromatic nitrogens is 2. The third kappa shape index (κ3) is 5.36. The predicted molar refractivity (Wildman–Crippen MR) is 121 cm³/mol. The van der Waals surface area contributed by atoms with Crippen LogP contribution in [0.15, 0.2) is 67.0 Å². The van der Waals surface area contributed by atoms with Gasteiger partial charge in [0.15, 0.2) is 0 Å². The summed E-state index contributed by atoms with van der Waals surface area (Å²) in [4.78, 5) is 15.3. The standard InChI is InChI=1S/C25H30N4O/c1-20-7-2-8-21(17-20)22-9-3-11-24(18-22)27-25(30)23-10-4-13-28(19-23)14-6-16-29-15-5-12-26-29/h2-3,5,7-9,11-12,15,17-18,23H,4,6,10,13-14,16,19H2,1H3,(H,27,30). The minimum absolute atomic E-state index is 0.0473. The molecule has 1 saturated heterocycles. The molecule has 2 aromatic carbocycles. The van der Waals surface area contributed by atoms with Crippen LogP contribution in [-0.4, -0.2) is 40.2 Å². The Hall–Kier alpha value is -2.92. The zero-order valence-corrected chi connectivity index (χ0v) is 17.6. The number of rotatable bonds is 7. The number of benzene rings is 2. The van der Waals surface area contributed by atoms with Crippen LogP contribution < -0.4 is 5.32 Å². The Labute approximate surface area is 178 Å². The lowest BCUT2D eigenvalue weighted by Gasteiger charge is -2.32. The Morgan fingerprint density at radius 1 is 1.10 bits per heavy atom. The van der Waals surface area contributed by atoms with Crippen molar-refractivity contribution in [2.45, 2.75) is 32.7 Å². The summed E-state index contributed by atoms with van der Waals surface area (Å²) in [6.45, 7) is 5.94. The van der Waals surface area contributed by atoms with Crippen LogP contribution in [0.25, 0.3) is 11.1 Å². The second-order valence-corrected chi connectivity index (χ2v) is 8.20. The van der Waals surface area contributed by atoms with E-state index in [1.807, 2.05) is 35.3 Å². The van der Waals surface area contributed by atoms with Crippen LogP contribution in [0.5, 0.6) is 0 Å². The third-order valence-electron chi connectivity index (χ3n) is 5.78. The Morgan fingerprint density at radius 3 is 2.73 bits per heavy atom. The number of amides is 1. The van der Waals surface area contributed by atoms with Gasteiger partial charge in [-0.1, -0.05) is 42.0 Å². The smallest absolute Gasteiger partial charge is 0.228 e. The molecule has 2 heterocycles. The van der Waals surface area contributed by atoms with Gasteiger partial charge >= 0.3 is 0 Å². The molecule has 1 atom stereocenters. The molecule has 0 radical (unpaired) electrons. The van der Waals surface area contributed by atoms with E-state index in [-0.39, 0.29) is 11.8 Å². The van der Waals surface area contributed by atoms with Gasteiger partial charge in [0.1, 0.15) is 0 Å². The molecule has 0 aliphatic carbocycles. The van der Waals surface area contributed by atoms with E-state index >= 15 is 0 Å². The fraction of sp³-hybridized carbons (Fsp3) is 0.360. The molecule has 1 amide bonds. The first-order chi connectivity index (χ1) is 14.7. The van der Waals surface area contributed by atoms with Gasteiger partial charge in [-0.3, -0.25) is 9.48 Å². The summed E-state index contributed by atoms with van der Waals surface area (Å²) in [5, 5.41) is 7.41. The van der Waals surface area contributed by atoms with Crippen LogP contribution >= 0.6 is 0 Å². The summed E-state index contributed by atoms with van der Waals surface area (Å²) in [6, 6.07) is 18.5. The van der Waals surface area contributed by atoms with E-state index in [4.69, 9.17) is 0 Å². The normalized spacial score (nSPS) is 17.0. The van der Waals surface area contributed by atoms with Crippen molar-refractivity contribution in [1.29, 1.82) is 0 Å². The van der Waals surface area contributed by atoms with E-state index in [0.29, 0.717) is 0 Å². The van der Waals surface area contributed by atoms with Crippen LogP contribution in [0.4, 0.5) is 5.69 Å². The molecule has 1 aromatic heterocycles. The summed E-state index contributed by atoms with van der Waals surface area (Å²) in [5.74, 6) is 0.180. The van der Waals surface area contributed by atoms with E-state index in [9.17, 15) is 4.79 Å². The minimum Gasteiger partial charge on any atom is -0.326 e. The van der Waals surface area contributed by atoms with Crippen LogP contribution in [0.2, 0.25) is 0 Å². The highest BCUT2D eigenvalue weighted by Crippen LogP contribution is 2.25. The number of hydrogen-bond acceptors (Lipinski definition) is 3. The van der Waals surface area contributed by atoms with Gasteiger partial charge in [0.25, 0.3) is 0 Å². The lowest BCUT2D eigenvalue weighted by atomic mass is 9.96. The van der Waals surface area contributed by atoms with Gasteiger partial charge in [-0.15, -0.1) is 0 Å². The average molecular weight is 403 g/mol. The van der Waals surface area contributed by atoms with Crippen molar-refractivity contribution >= 4 is 11.6 Å². The van der Waals surface area contributed by atoms with Crippen molar-refractivity contribution in [2.24, 2.45) is 5.92 Å². The Morgan fingerprint density at radius 2 is 1.93 bits per heavy atom. The molecule has 3 aromatic rings. The number of likely N-dealkylation sites (tertiary alicyclic amines) is 1. The molecular formula is C25H30N4O. The molecule has 156 valence electrons. The van der Waals surface area contributed by atoms with E-state index in [1.54, 1.807) is 0 Å². The monoisotopic (exact) mass is 402 g/mol. The van der Waals surface area contributed by atoms with E-state index in [1.165, 1.54) is 11.1 Å². The maximum absolute atomic E-state index is 12.9. The maximum Gasteiger partial charge on any atom is 0.228 e. The highest BCUT2D eigenvalue weighted by Gasteiger charge is 2.25. The van der Waals surface area contributed by atoms with Crippen LogP contribution in [0.1, 0.15) is 24.8 Å². The molecule has 0 spiro atoms. The fourth-order valence-corrected chi connectivity index (χ4v) is 4.21. The molecule has 5 nitrogen and oxygen atoms in total. The first kappa shape index (κ1) is 20.4. The number of aryl methyl sites for hydroxylation is 2. The number of hydrogen-bond donors (Lipinski definition) is 1. The number of anilines is 1. The molecular weight excluding hydrogens is 372 g/mol. The van der Waals surface area contributed by atoms with Crippen molar-refractivity contribution in [1.82, 2.24) is 14.7 Å². The van der Waals surface area contributed by atoms with Crippen LogP contribution in [0.3, 0.4) is 0 Å². The molecule has 0 saturated carbocycles. The highest BCUT2D eigenvalue weighted by atomic mass is 16.1. The Kier molecular flexibility index (Phi) is 6.60. The first-order valence-corrected chi connectivity index (χ1v) is 10.9. The second-order valence-electron chi connectivity index (χ2n) is 8.20. The van der Waals surface area contributed by atoms with Gasteiger partial charge < -0.3 is 10.2 Å². The predicted octanol–water partition coefficient (Wildman–Crippen LogP) is 4.60.